The molecule has 2 nitrogen and oxygen atoms in total. The molecule has 0 aliphatic rings. The summed E-state index contributed by atoms with van der Waals surface area (Å²) in [6.45, 7) is 0. The average Bonchev–Trinajstić information content (AvgIpc) is 2.16. The van der Waals surface area contributed by atoms with Crippen LogP contribution in [0.2, 0.25) is 0 Å². The molecular formula is C8H2F8INO. The van der Waals surface area contributed by atoms with Gasteiger partial charge in [-0.25, -0.2) is 13.8 Å². The van der Waals surface area contributed by atoms with Crippen molar-refractivity contribution >= 4 is 22.6 Å². The maximum atomic E-state index is 12.4. The molecule has 0 amide bonds. The first kappa shape index (κ1) is 16.2. The van der Waals surface area contributed by atoms with Crippen LogP contribution in [-0.2, 0) is 6.18 Å². The van der Waals surface area contributed by atoms with E-state index in [0.29, 0.717) is 0 Å². The Morgan fingerprint density at radius 2 is 1.63 bits per heavy atom. The van der Waals surface area contributed by atoms with E-state index in [1.54, 1.807) is 0 Å². The topological polar surface area (TPSA) is 22.1 Å². The minimum atomic E-state index is -5.22. The molecule has 0 atom stereocenters. The molecule has 1 rings (SSSR count). The first-order valence-electron chi connectivity index (χ1n) is 4.23. The van der Waals surface area contributed by atoms with E-state index in [1.807, 2.05) is 0 Å². The second-order valence-corrected chi connectivity index (χ2v) is 4.08. The van der Waals surface area contributed by atoms with Gasteiger partial charge in [0.05, 0.1) is 5.56 Å². The van der Waals surface area contributed by atoms with E-state index >= 15 is 0 Å². The Hall–Kier alpha value is -0.880. The van der Waals surface area contributed by atoms with E-state index in [2.05, 4.69) is 9.72 Å². The summed E-state index contributed by atoms with van der Waals surface area (Å²) in [6, 6.07) is -0.0181. The Balaban J connectivity index is 3.37. The van der Waals surface area contributed by atoms with Crippen LogP contribution >= 0.6 is 22.6 Å². The van der Waals surface area contributed by atoms with Gasteiger partial charge in [0.2, 0.25) is 0 Å². The zero-order valence-corrected chi connectivity index (χ0v) is 10.6. The van der Waals surface area contributed by atoms with Crippen molar-refractivity contribution in [3.05, 3.63) is 21.0 Å². The van der Waals surface area contributed by atoms with Crippen LogP contribution in [0.5, 0.6) is 5.75 Å². The summed E-state index contributed by atoms with van der Waals surface area (Å²) in [5.41, 5.74) is -3.62. The van der Waals surface area contributed by atoms with Crippen molar-refractivity contribution in [2.75, 3.05) is 0 Å². The van der Waals surface area contributed by atoms with E-state index in [9.17, 15) is 35.1 Å². The van der Waals surface area contributed by atoms with Gasteiger partial charge in [0.15, 0.2) is 11.4 Å². The van der Waals surface area contributed by atoms with E-state index in [-0.39, 0.29) is 6.07 Å². The Morgan fingerprint density at radius 3 is 2.00 bits per heavy atom. The molecule has 1 aromatic heterocycles. The SMILES string of the molecule is FC(F)c1cc(OC(F)(F)F)c(I)nc1C(F)(F)F. The van der Waals surface area contributed by atoms with Crippen LogP contribution in [0.4, 0.5) is 35.1 Å². The Labute approximate surface area is 113 Å². The van der Waals surface area contributed by atoms with Crippen molar-refractivity contribution in [3.63, 3.8) is 0 Å². The van der Waals surface area contributed by atoms with Gasteiger partial charge in [-0.2, -0.15) is 13.2 Å². The van der Waals surface area contributed by atoms with Crippen LogP contribution in [-0.4, -0.2) is 11.3 Å². The third-order valence-electron chi connectivity index (χ3n) is 1.70. The van der Waals surface area contributed by atoms with Gasteiger partial charge in [0, 0.05) is 0 Å². The van der Waals surface area contributed by atoms with Gasteiger partial charge in [0.25, 0.3) is 6.43 Å². The van der Waals surface area contributed by atoms with Crippen LogP contribution in [0.1, 0.15) is 17.7 Å². The molecule has 0 bridgehead atoms. The summed E-state index contributed by atoms with van der Waals surface area (Å²) < 4.78 is 100. The van der Waals surface area contributed by atoms with Crippen molar-refractivity contribution in [2.45, 2.75) is 19.0 Å². The molecule has 108 valence electrons. The lowest BCUT2D eigenvalue weighted by Crippen LogP contribution is -2.20. The molecule has 0 aliphatic heterocycles. The summed E-state index contributed by atoms with van der Waals surface area (Å²) in [5.74, 6) is -1.21. The van der Waals surface area contributed by atoms with Gasteiger partial charge in [0.1, 0.15) is 3.70 Å². The van der Waals surface area contributed by atoms with Gasteiger partial charge in [-0.05, 0) is 28.7 Å². The number of nitrogens with zero attached hydrogens (tertiary/aromatic N) is 1. The third-order valence-corrected chi connectivity index (χ3v) is 2.48. The number of halogens is 9. The maximum absolute atomic E-state index is 12.4. The summed E-state index contributed by atoms with van der Waals surface area (Å²) in [7, 11) is 0. The second kappa shape index (κ2) is 5.25. The lowest BCUT2D eigenvalue weighted by Gasteiger charge is -2.15. The van der Waals surface area contributed by atoms with E-state index in [0.717, 1.165) is 22.6 Å². The van der Waals surface area contributed by atoms with E-state index in [4.69, 9.17) is 0 Å². The van der Waals surface area contributed by atoms with Crippen LogP contribution in [0.15, 0.2) is 6.07 Å². The van der Waals surface area contributed by atoms with Gasteiger partial charge in [-0.3, -0.25) is 0 Å². The molecule has 0 saturated carbocycles. The van der Waals surface area contributed by atoms with Crippen LogP contribution in [0.3, 0.4) is 0 Å². The number of hydrogen-bond donors (Lipinski definition) is 0. The van der Waals surface area contributed by atoms with Crippen molar-refractivity contribution in [3.8, 4) is 5.75 Å². The van der Waals surface area contributed by atoms with Crippen molar-refractivity contribution in [1.82, 2.24) is 4.98 Å². The highest BCUT2D eigenvalue weighted by Gasteiger charge is 2.40. The van der Waals surface area contributed by atoms with E-state index in [1.165, 1.54) is 0 Å². The van der Waals surface area contributed by atoms with E-state index < -0.39 is 39.7 Å². The molecule has 0 aromatic carbocycles. The van der Waals surface area contributed by atoms with Crippen molar-refractivity contribution in [2.24, 2.45) is 0 Å². The maximum Gasteiger partial charge on any atom is 0.573 e. The fraction of sp³-hybridized carbons (Fsp3) is 0.375. The molecule has 11 heteroatoms. The number of alkyl halides is 8. The average molecular weight is 407 g/mol. The molecule has 19 heavy (non-hydrogen) atoms. The predicted octanol–water partition coefficient (Wildman–Crippen LogP) is 4.54. The summed E-state index contributed by atoms with van der Waals surface area (Å²) in [5, 5.41) is 0. The molecule has 0 N–H and O–H groups in total. The highest BCUT2D eigenvalue weighted by atomic mass is 127. The molecule has 0 spiro atoms. The number of ether oxygens (including phenoxy) is 1. The molecule has 1 heterocycles. The normalized spacial score (nSPS) is 12.9. The summed E-state index contributed by atoms with van der Waals surface area (Å²) >= 11 is 1.03. The van der Waals surface area contributed by atoms with Crippen LogP contribution in [0, 0.1) is 3.70 Å². The molecule has 0 unspecified atom stereocenters. The first-order valence-corrected chi connectivity index (χ1v) is 5.31. The summed E-state index contributed by atoms with van der Waals surface area (Å²) in [4.78, 5) is 2.71. The first-order chi connectivity index (χ1) is 8.42. The summed E-state index contributed by atoms with van der Waals surface area (Å²) in [6.07, 6.45) is -14.1. The number of pyridine rings is 1. The molecule has 0 fully saturated rings. The quantitative estimate of drug-likeness (QED) is 0.408. The van der Waals surface area contributed by atoms with Crippen LogP contribution < -0.4 is 4.74 Å². The molecule has 0 aliphatic carbocycles. The minimum Gasteiger partial charge on any atom is -0.403 e. The van der Waals surface area contributed by atoms with Gasteiger partial charge < -0.3 is 4.74 Å². The van der Waals surface area contributed by atoms with Crippen molar-refractivity contribution < 1.29 is 39.9 Å². The Kier molecular flexibility index (Phi) is 4.47. The zero-order chi connectivity index (χ0) is 15.0. The molecule has 0 saturated heterocycles. The minimum absolute atomic E-state index is 0.0181. The number of aromatic nitrogens is 1. The standard InChI is InChI=1S/C8H2F8INO/c9-5(10)2-1-3(19-8(14,15)16)6(17)18-4(2)7(11,12)13/h1,5H. The zero-order valence-electron chi connectivity index (χ0n) is 8.41. The van der Waals surface area contributed by atoms with Gasteiger partial charge in [-0.15, -0.1) is 13.2 Å². The highest BCUT2D eigenvalue weighted by Crippen LogP contribution is 2.39. The fourth-order valence-electron chi connectivity index (χ4n) is 1.08. The fourth-order valence-corrected chi connectivity index (χ4v) is 1.58. The lowest BCUT2D eigenvalue weighted by atomic mass is 10.2. The Bertz CT molecular complexity index is 469. The smallest absolute Gasteiger partial charge is 0.403 e. The number of rotatable bonds is 2. The third kappa shape index (κ3) is 4.31. The predicted molar refractivity (Wildman–Crippen MR) is 53.6 cm³/mol. The number of hydrogen-bond acceptors (Lipinski definition) is 2. The highest BCUT2D eigenvalue weighted by molar-refractivity contribution is 14.1. The van der Waals surface area contributed by atoms with Crippen molar-refractivity contribution in [1.29, 1.82) is 0 Å². The molecule has 0 radical (unpaired) electrons. The molecular weight excluding hydrogens is 405 g/mol. The lowest BCUT2D eigenvalue weighted by molar-refractivity contribution is -0.275. The second-order valence-electron chi connectivity index (χ2n) is 3.06. The molecule has 1 aromatic rings. The largest absolute Gasteiger partial charge is 0.573 e. The Morgan fingerprint density at radius 1 is 1.11 bits per heavy atom. The van der Waals surface area contributed by atoms with Gasteiger partial charge >= 0.3 is 12.5 Å². The van der Waals surface area contributed by atoms with Gasteiger partial charge in [-0.1, -0.05) is 0 Å². The van der Waals surface area contributed by atoms with Crippen LogP contribution in [0.25, 0.3) is 0 Å². The monoisotopic (exact) mass is 407 g/mol.